The molecule has 0 aromatic carbocycles. The van der Waals surface area contributed by atoms with Crippen LogP contribution >= 0.6 is 0 Å². The molecule has 2 N–H and O–H groups in total. The molecule has 0 aliphatic carbocycles. The Kier molecular flexibility index (Phi) is 5.99. The van der Waals surface area contributed by atoms with Crippen LogP contribution in [-0.2, 0) is 9.59 Å². The molecule has 2 amide bonds. The lowest BCUT2D eigenvalue weighted by molar-refractivity contribution is -0.139. The molecule has 0 spiro atoms. The number of likely N-dealkylation sites (tertiary alicyclic amines) is 1. The van der Waals surface area contributed by atoms with Crippen LogP contribution in [0.4, 0.5) is 0 Å². The maximum Gasteiger partial charge on any atom is 0.242 e. The summed E-state index contributed by atoms with van der Waals surface area (Å²) in [7, 11) is 1.68. The fourth-order valence-corrected chi connectivity index (χ4v) is 2.60. The molecule has 5 heteroatoms. The van der Waals surface area contributed by atoms with Crippen molar-refractivity contribution < 1.29 is 9.59 Å². The molecule has 1 aliphatic heterocycles. The standard InChI is InChI=1S/C15H29N3O2/c1-15(2,3)10-12(16)9-13(19)17(4)11-14(20)18-7-5-6-8-18/h12H,5-11,16H2,1-4H3. The molecule has 1 saturated heterocycles. The summed E-state index contributed by atoms with van der Waals surface area (Å²) in [6.45, 7) is 8.14. The molecule has 20 heavy (non-hydrogen) atoms. The molecule has 0 aromatic rings. The molecule has 1 heterocycles. The molecule has 1 unspecified atom stereocenters. The van der Waals surface area contributed by atoms with Crippen LogP contribution in [0.1, 0.15) is 46.5 Å². The van der Waals surface area contributed by atoms with E-state index in [0.29, 0.717) is 6.42 Å². The van der Waals surface area contributed by atoms with Crippen molar-refractivity contribution in [1.82, 2.24) is 9.80 Å². The Balaban J connectivity index is 2.36. The third-order valence-electron chi connectivity index (χ3n) is 3.57. The van der Waals surface area contributed by atoms with Gasteiger partial charge < -0.3 is 15.5 Å². The van der Waals surface area contributed by atoms with Crippen LogP contribution in [0.3, 0.4) is 0 Å². The monoisotopic (exact) mass is 283 g/mol. The number of carbonyl (C=O) groups is 2. The Bertz CT molecular complexity index is 344. The van der Waals surface area contributed by atoms with Crippen molar-refractivity contribution in [2.75, 3.05) is 26.7 Å². The zero-order chi connectivity index (χ0) is 15.3. The van der Waals surface area contributed by atoms with Crippen molar-refractivity contribution in [3.8, 4) is 0 Å². The minimum Gasteiger partial charge on any atom is -0.341 e. The molecule has 1 atom stereocenters. The minimum atomic E-state index is -0.146. The van der Waals surface area contributed by atoms with Gasteiger partial charge in [-0.25, -0.2) is 0 Å². The lowest BCUT2D eigenvalue weighted by Gasteiger charge is -2.25. The highest BCUT2D eigenvalue weighted by molar-refractivity contribution is 5.85. The number of rotatable bonds is 5. The second kappa shape index (κ2) is 7.07. The van der Waals surface area contributed by atoms with E-state index in [9.17, 15) is 9.59 Å². The average molecular weight is 283 g/mol. The molecule has 5 nitrogen and oxygen atoms in total. The van der Waals surface area contributed by atoms with Crippen molar-refractivity contribution in [3.05, 3.63) is 0 Å². The summed E-state index contributed by atoms with van der Waals surface area (Å²) in [5.74, 6) is -0.00274. The Labute approximate surface area is 122 Å². The number of nitrogens with zero attached hydrogens (tertiary/aromatic N) is 2. The van der Waals surface area contributed by atoms with E-state index in [1.165, 1.54) is 4.90 Å². The normalized spacial score (nSPS) is 17.1. The highest BCUT2D eigenvalue weighted by atomic mass is 16.2. The molecule has 0 saturated carbocycles. The van der Waals surface area contributed by atoms with Gasteiger partial charge in [0.2, 0.25) is 11.8 Å². The SMILES string of the molecule is CN(CC(=O)N1CCCC1)C(=O)CC(N)CC(C)(C)C. The number of carbonyl (C=O) groups excluding carboxylic acids is 2. The average Bonchev–Trinajstić information content (AvgIpc) is 2.79. The summed E-state index contributed by atoms with van der Waals surface area (Å²) in [6.07, 6.45) is 3.24. The van der Waals surface area contributed by atoms with E-state index in [4.69, 9.17) is 5.73 Å². The number of likely N-dealkylation sites (N-methyl/N-ethyl adjacent to an activating group) is 1. The van der Waals surface area contributed by atoms with Crippen LogP contribution in [0.5, 0.6) is 0 Å². The van der Waals surface area contributed by atoms with Gasteiger partial charge in [-0.15, -0.1) is 0 Å². The Morgan fingerprint density at radius 1 is 1.25 bits per heavy atom. The van der Waals surface area contributed by atoms with Gasteiger partial charge in [0.1, 0.15) is 0 Å². The highest BCUT2D eigenvalue weighted by Crippen LogP contribution is 2.21. The first kappa shape index (κ1) is 17.0. The molecule has 0 radical (unpaired) electrons. The van der Waals surface area contributed by atoms with E-state index in [2.05, 4.69) is 20.8 Å². The van der Waals surface area contributed by atoms with Gasteiger partial charge in [0.15, 0.2) is 0 Å². The smallest absolute Gasteiger partial charge is 0.242 e. The number of hydrogen-bond donors (Lipinski definition) is 1. The van der Waals surface area contributed by atoms with Gasteiger partial charge >= 0.3 is 0 Å². The van der Waals surface area contributed by atoms with Gasteiger partial charge in [-0.1, -0.05) is 20.8 Å². The highest BCUT2D eigenvalue weighted by Gasteiger charge is 2.23. The van der Waals surface area contributed by atoms with E-state index < -0.39 is 0 Å². The van der Waals surface area contributed by atoms with E-state index in [0.717, 1.165) is 32.4 Å². The predicted octanol–water partition coefficient (Wildman–Crippen LogP) is 1.22. The number of hydrogen-bond acceptors (Lipinski definition) is 3. The molecular formula is C15H29N3O2. The quantitative estimate of drug-likeness (QED) is 0.825. The summed E-state index contributed by atoms with van der Waals surface area (Å²) in [6, 6.07) is -0.146. The van der Waals surface area contributed by atoms with Crippen LogP contribution in [0.2, 0.25) is 0 Å². The minimum absolute atomic E-state index is 0.0442. The molecule has 116 valence electrons. The van der Waals surface area contributed by atoms with Gasteiger partial charge in [-0.3, -0.25) is 9.59 Å². The third-order valence-corrected chi connectivity index (χ3v) is 3.57. The third kappa shape index (κ3) is 5.90. The van der Waals surface area contributed by atoms with Crippen molar-refractivity contribution in [3.63, 3.8) is 0 Å². The van der Waals surface area contributed by atoms with Gasteiger partial charge in [0.05, 0.1) is 6.54 Å². The number of amides is 2. The maximum absolute atomic E-state index is 12.1. The lowest BCUT2D eigenvalue weighted by atomic mass is 9.87. The summed E-state index contributed by atoms with van der Waals surface area (Å²) >= 11 is 0. The summed E-state index contributed by atoms with van der Waals surface area (Å²) in [5, 5.41) is 0. The van der Waals surface area contributed by atoms with Crippen molar-refractivity contribution in [2.24, 2.45) is 11.1 Å². The zero-order valence-electron chi connectivity index (χ0n) is 13.3. The first-order chi connectivity index (χ1) is 9.19. The second-order valence-corrected chi connectivity index (χ2v) is 7.07. The molecular weight excluding hydrogens is 254 g/mol. The fraction of sp³-hybridized carbons (Fsp3) is 0.867. The summed E-state index contributed by atoms with van der Waals surface area (Å²) in [5.41, 5.74) is 6.12. The molecule has 1 fully saturated rings. The van der Waals surface area contributed by atoms with E-state index in [1.54, 1.807) is 7.05 Å². The van der Waals surface area contributed by atoms with Crippen LogP contribution < -0.4 is 5.73 Å². The molecule has 1 rings (SSSR count). The van der Waals surface area contributed by atoms with Crippen molar-refractivity contribution in [2.45, 2.75) is 52.5 Å². The van der Waals surface area contributed by atoms with Crippen LogP contribution in [0.25, 0.3) is 0 Å². The lowest BCUT2D eigenvalue weighted by Crippen LogP contribution is -2.42. The van der Waals surface area contributed by atoms with Crippen LogP contribution in [0.15, 0.2) is 0 Å². The number of nitrogens with two attached hydrogens (primary N) is 1. The molecule has 0 aromatic heterocycles. The van der Waals surface area contributed by atoms with Crippen LogP contribution in [0, 0.1) is 5.41 Å². The summed E-state index contributed by atoms with van der Waals surface area (Å²) < 4.78 is 0. The first-order valence-electron chi connectivity index (χ1n) is 7.46. The second-order valence-electron chi connectivity index (χ2n) is 7.07. The van der Waals surface area contributed by atoms with Crippen molar-refractivity contribution in [1.29, 1.82) is 0 Å². The van der Waals surface area contributed by atoms with Gasteiger partial charge in [-0.2, -0.15) is 0 Å². The first-order valence-corrected chi connectivity index (χ1v) is 7.46. The van der Waals surface area contributed by atoms with Gasteiger partial charge in [-0.05, 0) is 24.7 Å². The largest absolute Gasteiger partial charge is 0.341 e. The van der Waals surface area contributed by atoms with E-state index in [-0.39, 0.29) is 29.8 Å². The topological polar surface area (TPSA) is 66.6 Å². The summed E-state index contributed by atoms with van der Waals surface area (Å²) in [4.78, 5) is 27.4. The Morgan fingerprint density at radius 3 is 2.30 bits per heavy atom. The van der Waals surface area contributed by atoms with Gasteiger partial charge in [0.25, 0.3) is 0 Å². The fourth-order valence-electron chi connectivity index (χ4n) is 2.60. The van der Waals surface area contributed by atoms with Crippen molar-refractivity contribution >= 4 is 11.8 Å². The van der Waals surface area contributed by atoms with E-state index >= 15 is 0 Å². The Hall–Kier alpha value is -1.10. The Morgan fingerprint density at radius 2 is 1.80 bits per heavy atom. The predicted molar refractivity (Wildman–Crippen MR) is 80.1 cm³/mol. The maximum atomic E-state index is 12.1. The zero-order valence-corrected chi connectivity index (χ0v) is 13.3. The van der Waals surface area contributed by atoms with E-state index in [1.807, 2.05) is 4.90 Å². The molecule has 1 aliphatic rings. The molecule has 0 bridgehead atoms. The van der Waals surface area contributed by atoms with Gasteiger partial charge in [0, 0.05) is 32.6 Å². The van der Waals surface area contributed by atoms with Crippen LogP contribution in [-0.4, -0.2) is 54.3 Å².